The lowest BCUT2D eigenvalue weighted by Crippen LogP contribution is -2.23. The van der Waals surface area contributed by atoms with Gasteiger partial charge in [-0.15, -0.1) is 0 Å². The second kappa shape index (κ2) is 5.83. The van der Waals surface area contributed by atoms with Gasteiger partial charge >= 0.3 is 0 Å². The zero-order valence-corrected chi connectivity index (χ0v) is 13.5. The molecule has 1 aliphatic rings. The molecule has 0 fully saturated rings. The van der Waals surface area contributed by atoms with Crippen LogP contribution < -0.4 is 19.5 Å². The number of fused-ring (bicyclic) bond motifs is 1. The van der Waals surface area contributed by atoms with E-state index in [1.54, 1.807) is 27.4 Å². The van der Waals surface area contributed by atoms with Crippen molar-refractivity contribution in [3.05, 3.63) is 29.0 Å². The summed E-state index contributed by atoms with van der Waals surface area (Å²) in [6.45, 7) is 1.93. The number of carbonyl (C=O) groups is 1. The molecule has 0 radical (unpaired) electrons. The standard InChI is InChI=1S/C16H19N3O4/c1-8-15-10(6-14(20)17-16(15)19-18-8)9-5-12(22-3)13(23-4)7-11(9)21-2/h5,7,10H,6H2,1-4H3,(H2,17,18,19,20)/t10-/m1/s1. The van der Waals surface area contributed by atoms with Gasteiger partial charge in [-0.3, -0.25) is 9.89 Å². The monoisotopic (exact) mass is 317 g/mol. The number of ether oxygens (including phenoxy) is 3. The number of hydrogen-bond donors (Lipinski definition) is 2. The number of aromatic amines is 1. The van der Waals surface area contributed by atoms with Crippen LogP contribution >= 0.6 is 0 Å². The molecule has 0 bridgehead atoms. The van der Waals surface area contributed by atoms with Gasteiger partial charge in [-0.2, -0.15) is 5.10 Å². The number of nitrogens with zero attached hydrogens (tertiary/aromatic N) is 1. The van der Waals surface area contributed by atoms with Crippen LogP contribution in [-0.2, 0) is 4.79 Å². The molecule has 7 heteroatoms. The predicted molar refractivity (Wildman–Crippen MR) is 84.5 cm³/mol. The lowest BCUT2D eigenvalue weighted by Gasteiger charge is -2.25. The molecular formula is C16H19N3O4. The van der Waals surface area contributed by atoms with Gasteiger partial charge in [0, 0.05) is 35.2 Å². The maximum absolute atomic E-state index is 12.0. The Labute approximate surface area is 133 Å². The first-order chi connectivity index (χ1) is 11.1. The van der Waals surface area contributed by atoms with E-state index in [0.717, 1.165) is 16.8 Å². The molecule has 1 aromatic carbocycles. The summed E-state index contributed by atoms with van der Waals surface area (Å²) in [6, 6.07) is 3.63. The largest absolute Gasteiger partial charge is 0.496 e. The third kappa shape index (κ3) is 2.48. The molecule has 2 heterocycles. The fourth-order valence-corrected chi connectivity index (χ4v) is 3.02. The van der Waals surface area contributed by atoms with Gasteiger partial charge in [0.15, 0.2) is 17.3 Å². The first-order valence-corrected chi connectivity index (χ1v) is 7.23. The van der Waals surface area contributed by atoms with Crippen molar-refractivity contribution in [2.75, 3.05) is 26.6 Å². The van der Waals surface area contributed by atoms with Gasteiger partial charge in [0.1, 0.15) is 5.75 Å². The second-order valence-corrected chi connectivity index (χ2v) is 5.36. The minimum Gasteiger partial charge on any atom is -0.496 e. The van der Waals surface area contributed by atoms with Gasteiger partial charge in [0.05, 0.1) is 21.3 Å². The van der Waals surface area contributed by atoms with Crippen molar-refractivity contribution in [2.45, 2.75) is 19.3 Å². The van der Waals surface area contributed by atoms with Crippen molar-refractivity contribution in [1.82, 2.24) is 10.2 Å². The van der Waals surface area contributed by atoms with E-state index in [1.807, 2.05) is 13.0 Å². The van der Waals surface area contributed by atoms with E-state index in [1.165, 1.54) is 0 Å². The molecule has 0 spiro atoms. The molecule has 23 heavy (non-hydrogen) atoms. The predicted octanol–water partition coefficient (Wildman–Crippen LogP) is 2.22. The lowest BCUT2D eigenvalue weighted by atomic mass is 9.85. The summed E-state index contributed by atoms with van der Waals surface area (Å²) < 4.78 is 16.2. The molecule has 0 unspecified atom stereocenters. The Morgan fingerprint density at radius 2 is 1.74 bits per heavy atom. The number of amides is 1. The summed E-state index contributed by atoms with van der Waals surface area (Å²) in [4.78, 5) is 12.0. The van der Waals surface area contributed by atoms with E-state index in [0.29, 0.717) is 29.5 Å². The highest BCUT2D eigenvalue weighted by Gasteiger charge is 2.33. The van der Waals surface area contributed by atoms with Crippen LogP contribution in [0.1, 0.15) is 29.2 Å². The summed E-state index contributed by atoms with van der Waals surface area (Å²) in [5.74, 6) is 2.15. The van der Waals surface area contributed by atoms with Gasteiger partial charge in [0.2, 0.25) is 5.91 Å². The third-order valence-electron chi connectivity index (χ3n) is 4.10. The maximum atomic E-state index is 12.0. The second-order valence-electron chi connectivity index (χ2n) is 5.36. The van der Waals surface area contributed by atoms with Gasteiger partial charge in [-0.05, 0) is 13.0 Å². The van der Waals surface area contributed by atoms with Crippen molar-refractivity contribution in [3.63, 3.8) is 0 Å². The summed E-state index contributed by atoms with van der Waals surface area (Å²) in [6.07, 6.45) is 0.319. The molecule has 7 nitrogen and oxygen atoms in total. The Kier molecular flexibility index (Phi) is 3.85. The first kappa shape index (κ1) is 15.2. The number of benzene rings is 1. The van der Waals surface area contributed by atoms with Gasteiger partial charge < -0.3 is 19.5 Å². The Morgan fingerprint density at radius 1 is 1.09 bits per heavy atom. The van der Waals surface area contributed by atoms with Gasteiger partial charge in [0.25, 0.3) is 0 Å². The van der Waals surface area contributed by atoms with Crippen molar-refractivity contribution in [1.29, 1.82) is 0 Å². The number of nitrogens with one attached hydrogen (secondary N) is 2. The summed E-state index contributed by atoms with van der Waals surface area (Å²) in [5, 5.41) is 9.88. The van der Waals surface area contributed by atoms with Crippen LogP contribution in [0.2, 0.25) is 0 Å². The van der Waals surface area contributed by atoms with E-state index in [4.69, 9.17) is 14.2 Å². The van der Waals surface area contributed by atoms with E-state index in [-0.39, 0.29) is 11.8 Å². The van der Waals surface area contributed by atoms with Crippen LogP contribution in [0, 0.1) is 6.92 Å². The Hall–Kier alpha value is -2.70. The number of anilines is 1. The highest BCUT2D eigenvalue weighted by Crippen LogP contribution is 2.45. The third-order valence-corrected chi connectivity index (χ3v) is 4.10. The lowest BCUT2D eigenvalue weighted by molar-refractivity contribution is -0.116. The number of carbonyl (C=O) groups excluding carboxylic acids is 1. The molecular weight excluding hydrogens is 298 g/mol. The molecule has 1 atom stereocenters. The molecule has 2 aromatic rings. The summed E-state index contributed by atoms with van der Waals surface area (Å²) >= 11 is 0. The van der Waals surface area contributed by atoms with Crippen molar-refractivity contribution < 1.29 is 19.0 Å². The van der Waals surface area contributed by atoms with Crippen LogP contribution in [0.3, 0.4) is 0 Å². The van der Waals surface area contributed by atoms with Crippen LogP contribution in [0.15, 0.2) is 12.1 Å². The Morgan fingerprint density at radius 3 is 2.39 bits per heavy atom. The SMILES string of the molecule is COc1cc(OC)c([C@H]2CC(=O)Nc3n[nH]c(C)c32)cc1OC. The first-order valence-electron chi connectivity index (χ1n) is 7.23. The smallest absolute Gasteiger partial charge is 0.226 e. The average molecular weight is 317 g/mol. The maximum Gasteiger partial charge on any atom is 0.226 e. The summed E-state index contributed by atoms with van der Waals surface area (Å²) in [7, 11) is 4.75. The average Bonchev–Trinajstić information content (AvgIpc) is 2.93. The Bertz CT molecular complexity index is 754. The molecule has 1 amide bonds. The van der Waals surface area contributed by atoms with E-state index in [2.05, 4.69) is 15.5 Å². The molecule has 0 saturated carbocycles. The van der Waals surface area contributed by atoms with Crippen LogP contribution in [0.4, 0.5) is 5.82 Å². The number of aromatic nitrogens is 2. The summed E-state index contributed by atoms with van der Waals surface area (Å²) in [5.41, 5.74) is 2.75. The van der Waals surface area contributed by atoms with Crippen molar-refractivity contribution >= 4 is 11.7 Å². The number of methoxy groups -OCH3 is 3. The molecule has 1 aromatic heterocycles. The van der Waals surface area contributed by atoms with Gasteiger partial charge in [-0.1, -0.05) is 0 Å². The van der Waals surface area contributed by atoms with E-state index in [9.17, 15) is 4.79 Å². The quantitative estimate of drug-likeness (QED) is 0.903. The zero-order chi connectivity index (χ0) is 16.6. The molecule has 2 N–H and O–H groups in total. The van der Waals surface area contributed by atoms with Crippen LogP contribution in [0.5, 0.6) is 17.2 Å². The number of aryl methyl sites for hydroxylation is 1. The molecule has 0 saturated heterocycles. The van der Waals surface area contributed by atoms with Crippen molar-refractivity contribution in [3.8, 4) is 17.2 Å². The number of hydrogen-bond acceptors (Lipinski definition) is 5. The molecule has 1 aliphatic heterocycles. The molecule has 3 rings (SSSR count). The zero-order valence-electron chi connectivity index (χ0n) is 13.5. The minimum absolute atomic E-state index is 0.0779. The van der Waals surface area contributed by atoms with Crippen LogP contribution in [-0.4, -0.2) is 37.4 Å². The highest BCUT2D eigenvalue weighted by atomic mass is 16.5. The normalized spacial score (nSPS) is 16.5. The fraction of sp³-hybridized carbons (Fsp3) is 0.375. The Balaban J connectivity index is 2.18. The topological polar surface area (TPSA) is 85.5 Å². The highest BCUT2D eigenvalue weighted by molar-refractivity contribution is 5.94. The van der Waals surface area contributed by atoms with Crippen molar-refractivity contribution in [2.24, 2.45) is 0 Å². The fourth-order valence-electron chi connectivity index (χ4n) is 3.02. The van der Waals surface area contributed by atoms with E-state index < -0.39 is 0 Å². The van der Waals surface area contributed by atoms with Gasteiger partial charge in [-0.25, -0.2) is 0 Å². The molecule has 0 aliphatic carbocycles. The minimum atomic E-state index is -0.160. The number of H-pyrrole nitrogens is 1. The number of rotatable bonds is 4. The van der Waals surface area contributed by atoms with Crippen LogP contribution in [0.25, 0.3) is 0 Å². The molecule has 122 valence electrons. The van der Waals surface area contributed by atoms with E-state index >= 15 is 0 Å².